The highest BCUT2D eigenvalue weighted by Crippen LogP contribution is 2.29. The molecule has 18 heavy (non-hydrogen) atoms. The number of thioether (sulfide) groups is 2. The summed E-state index contributed by atoms with van der Waals surface area (Å²) in [5.41, 5.74) is 0. The molecule has 100 valence electrons. The molecule has 1 aromatic rings. The first-order valence-corrected chi connectivity index (χ1v) is 8.78. The minimum Gasteiger partial charge on any atom is -0.465 e. The Balaban J connectivity index is 1.91. The van der Waals surface area contributed by atoms with Crippen LogP contribution in [0, 0.1) is 0 Å². The zero-order chi connectivity index (χ0) is 13.0. The lowest BCUT2D eigenvalue weighted by Crippen LogP contribution is -2.23. The second-order valence-corrected chi connectivity index (χ2v) is 7.49. The standard InChI is InChI=1S/C10H13ClN2O2S3/c1-15-9(14)7-8(11)13-10(18-7)12-4-6-5-16-2-3-17-6/h6H,2-5H2,1H3,(H,12,13). The molecule has 2 rings (SSSR count). The van der Waals surface area contributed by atoms with E-state index < -0.39 is 5.97 Å². The fourth-order valence-electron chi connectivity index (χ4n) is 1.45. The van der Waals surface area contributed by atoms with Crippen LogP contribution < -0.4 is 5.32 Å². The van der Waals surface area contributed by atoms with Crippen LogP contribution in [-0.2, 0) is 4.74 Å². The molecule has 0 saturated carbocycles. The number of aromatic nitrogens is 1. The van der Waals surface area contributed by atoms with Gasteiger partial charge in [-0.15, -0.1) is 0 Å². The van der Waals surface area contributed by atoms with Crippen LogP contribution >= 0.6 is 46.5 Å². The molecular formula is C10H13ClN2O2S3. The molecule has 1 unspecified atom stereocenters. The summed E-state index contributed by atoms with van der Waals surface area (Å²) in [5.74, 6) is 3.15. The van der Waals surface area contributed by atoms with Gasteiger partial charge < -0.3 is 10.1 Å². The molecule has 0 spiro atoms. The third-order valence-electron chi connectivity index (χ3n) is 2.32. The third-order valence-corrected chi connectivity index (χ3v) is 6.55. The Hall–Kier alpha value is -0.110. The number of esters is 1. The van der Waals surface area contributed by atoms with E-state index >= 15 is 0 Å². The van der Waals surface area contributed by atoms with Gasteiger partial charge in [0.05, 0.1) is 7.11 Å². The third kappa shape index (κ3) is 3.69. The minimum atomic E-state index is -0.437. The molecule has 0 radical (unpaired) electrons. The molecule has 0 bridgehead atoms. The second kappa shape index (κ2) is 6.88. The largest absolute Gasteiger partial charge is 0.465 e. The van der Waals surface area contributed by atoms with Gasteiger partial charge in [0, 0.05) is 29.1 Å². The molecule has 0 aromatic carbocycles. The van der Waals surface area contributed by atoms with Crippen molar-refractivity contribution in [3.63, 3.8) is 0 Å². The summed E-state index contributed by atoms with van der Waals surface area (Å²) in [4.78, 5) is 15.9. The molecule has 8 heteroatoms. The van der Waals surface area contributed by atoms with E-state index in [1.54, 1.807) is 0 Å². The van der Waals surface area contributed by atoms with E-state index in [1.165, 1.54) is 30.0 Å². The predicted octanol–water partition coefficient (Wildman–Crippen LogP) is 2.84. The molecule has 1 atom stereocenters. The predicted molar refractivity (Wildman–Crippen MR) is 80.5 cm³/mol. The van der Waals surface area contributed by atoms with Crippen molar-refractivity contribution >= 4 is 57.6 Å². The molecule has 2 heterocycles. The first-order chi connectivity index (χ1) is 8.70. The summed E-state index contributed by atoms with van der Waals surface area (Å²) in [6.45, 7) is 0.849. The highest BCUT2D eigenvalue weighted by Gasteiger charge is 2.19. The van der Waals surface area contributed by atoms with Crippen LogP contribution in [0.15, 0.2) is 0 Å². The molecule has 1 saturated heterocycles. The van der Waals surface area contributed by atoms with Gasteiger partial charge in [0.1, 0.15) is 0 Å². The van der Waals surface area contributed by atoms with Crippen molar-refractivity contribution in [3.05, 3.63) is 10.0 Å². The van der Waals surface area contributed by atoms with E-state index in [1.807, 2.05) is 23.5 Å². The molecule has 0 amide bonds. The van der Waals surface area contributed by atoms with Crippen LogP contribution in [0.1, 0.15) is 9.67 Å². The molecule has 1 aromatic heterocycles. The van der Waals surface area contributed by atoms with Crippen LogP contribution in [0.25, 0.3) is 0 Å². The number of carbonyl (C=O) groups excluding carboxylic acids is 1. The molecule has 4 nitrogen and oxygen atoms in total. The van der Waals surface area contributed by atoms with Crippen LogP contribution in [0.5, 0.6) is 0 Å². The monoisotopic (exact) mass is 324 g/mol. The average molecular weight is 325 g/mol. The van der Waals surface area contributed by atoms with Gasteiger partial charge in [0.2, 0.25) is 0 Å². The highest BCUT2D eigenvalue weighted by molar-refractivity contribution is 8.06. The molecule has 1 N–H and O–H groups in total. The zero-order valence-corrected chi connectivity index (χ0v) is 13.0. The van der Waals surface area contributed by atoms with Crippen molar-refractivity contribution in [2.45, 2.75) is 5.25 Å². The van der Waals surface area contributed by atoms with Crippen molar-refractivity contribution in [1.29, 1.82) is 0 Å². The number of rotatable bonds is 4. The van der Waals surface area contributed by atoms with Crippen molar-refractivity contribution in [2.24, 2.45) is 0 Å². The van der Waals surface area contributed by atoms with E-state index in [-0.39, 0.29) is 5.15 Å². The quantitative estimate of drug-likeness (QED) is 0.859. The fraction of sp³-hybridized carbons (Fsp3) is 0.600. The number of nitrogens with one attached hydrogen (secondary N) is 1. The Bertz CT molecular complexity index is 421. The molecule has 1 fully saturated rings. The lowest BCUT2D eigenvalue weighted by Gasteiger charge is -2.20. The second-order valence-electron chi connectivity index (χ2n) is 3.58. The maximum Gasteiger partial charge on any atom is 0.351 e. The number of carbonyl (C=O) groups is 1. The van der Waals surface area contributed by atoms with Crippen LogP contribution in [0.4, 0.5) is 5.13 Å². The molecule has 0 aliphatic carbocycles. The van der Waals surface area contributed by atoms with E-state index in [0.29, 0.717) is 15.3 Å². The number of hydrogen-bond acceptors (Lipinski definition) is 7. The Morgan fingerprint density at radius 3 is 3.11 bits per heavy atom. The lowest BCUT2D eigenvalue weighted by molar-refractivity contribution is 0.0606. The molecule has 1 aliphatic rings. The summed E-state index contributed by atoms with van der Waals surface area (Å²) in [6.07, 6.45) is 0. The molecular weight excluding hydrogens is 312 g/mol. The van der Waals surface area contributed by atoms with E-state index in [4.69, 9.17) is 11.6 Å². The minimum absolute atomic E-state index is 0.208. The van der Waals surface area contributed by atoms with Gasteiger partial charge in [-0.2, -0.15) is 23.5 Å². The van der Waals surface area contributed by atoms with Gasteiger partial charge >= 0.3 is 5.97 Å². The first kappa shape index (κ1) is 14.3. The number of anilines is 1. The summed E-state index contributed by atoms with van der Waals surface area (Å²) in [7, 11) is 1.33. The number of ether oxygens (including phenoxy) is 1. The number of nitrogens with zero attached hydrogens (tertiary/aromatic N) is 1. The Labute approximate surface area is 123 Å². The van der Waals surface area contributed by atoms with Gasteiger partial charge in [-0.3, -0.25) is 0 Å². The topological polar surface area (TPSA) is 51.2 Å². The van der Waals surface area contributed by atoms with E-state index in [2.05, 4.69) is 15.0 Å². The SMILES string of the molecule is COC(=O)c1sc(NCC2CSCCS2)nc1Cl. The van der Waals surface area contributed by atoms with Crippen molar-refractivity contribution in [1.82, 2.24) is 4.98 Å². The van der Waals surface area contributed by atoms with Crippen LogP contribution in [0.2, 0.25) is 5.15 Å². The number of methoxy groups -OCH3 is 1. The normalized spacial score (nSPS) is 19.6. The van der Waals surface area contributed by atoms with Gasteiger partial charge in [0.15, 0.2) is 15.2 Å². The van der Waals surface area contributed by atoms with Gasteiger partial charge in [-0.05, 0) is 0 Å². The summed E-state index contributed by atoms with van der Waals surface area (Å²) >= 11 is 11.1. The number of halogens is 1. The molecule has 1 aliphatic heterocycles. The van der Waals surface area contributed by atoms with Crippen LogP contribution in [0.3, 0.4) is 0 Å². The van der Waals surface area contributed by atoms with E-state index in [9.17, 15) is 4.79 Å². The Morgan fingerprint density at radius 1 is 1.61 bits per heavy atom. The smallest absolute Gasteiger partial charge is 0.351 e. The summed E-state index contributed by atoms with van der Waals surface area (Å²) in [5, 5.41) is 4.71. The number of thiazole rings is 1. The van der Waals surface area contributed by atoms with Crippen molar-refractivity contribution in [2.75, 3.05) is 36.2 Å². The van der Waals surface area contributed by atoms with Gasteiger partial charge in [-0.25, -0.2) is 9.78 Å². The maximum absolute atomic E-state index is 11.4. The lowest BCUT2D eigenvalue weighted by atomic mass is 10.5. The first-order valence-electron chi connectivity index (χ1n) is 5.38. The van der Waals surface area contributed by atoms with Crippen molar-refractivity contribution < 1.29 is 9.53 Å². The van der Waals surface area contributed by atoms with Crippen molar-refractivity contribution in [3.8, 4) is 0 Å². The Kier molecular flexibility index (Phi) is 5.47. The summed E-state index contributed by atoms with van der Waals surface area (Å²) in [6, 6.07) is 0. The van der Waals surface area contributed by atoms with Gasteiger partial charge in [0.25, 0.3) is 0 Å². The fourth-order valence-corrected chi connectivity index (χ4v) is 5.17. The average Bonchev–Trinajstić information content (AvgIpc) is 2.78. The highest BCUT2D eigenvalue weighted by atomic mass is 35.5. The van der Waals surface area contributed by atoms with Gasteiger partial charge in [-0.1, -0.05) is 22.9 Å². The zero-order valence-electron chi connectivity index (χ0n) is 9.77. The summed E-state index contributed by atoms with van der Waals surface area (Å²) < 4.78 is 4.64. The number of hydrogen-bond donors (Lipinski definition) is 1. The Morgan fingerprint density at radius 2 is 2.44 bits per heavy atom. The van der Waals surface area contributed by atoms with Crippen LogP contribution in [-0.4, -0.2) is 47.1 Å². The maximum atomic E-state index is 11.4. The van der Waals surface area contributed by atoms with E-state index in [0.717, 1.165) is 12.3 Å².